The topological polar surface area (TPSA) is 62.7 Å². The van der Waals surface area contributed by atoms with Crippen molar-refractivity contribution >= 4 is 29.1 Å². The van der Waals surface area contributed by atoms with Crippen LogP contribution in [0, 0.1) is 0 Å². The number of hydrogen-bond donors (Lipinski definition) is 2. The lowest BCUT2D eigenvalue weighted by Gasteiger charge is -2.12. The molecule has 0 fully saturated rings. The van der Waals surface area contributed by atoms with Gasteiger partial charge in [-0.15, -0.1) is 0 Å². The molecule has 2 heterocycles. The van der Waals surface area contributed by atoms with Crippen molar-refractivity contribution in [1.82, 2.24) is 15.0 Å². The first kappa shape index (κ1) is 19.9. The summed E-state index contributed by atoms with van der Waals surface area (Å²) < 4.78 is 38.6. The molecule has 0 unspecified atom stereocenters. The molecule has 3 aromatic rings. The second-order valence-electron chi connectivity index (χ2n) is 5.99. The average molecular weight is 408 g/mol. The molecule has 2 N–H and O–H groups in total. The Morgan fingerprint density at radius 3 is 2.68 bits per heavy atom. The molecule has 5 nitrogen and oxygen atoms in total. The maximum atomic E-state index is 12.9. The molecular weight excluding hydrogens is 391 g/mol. The summed E-state index contributed by atoms with van der Waals surface area (Å²) in [5.74, 6) is 0.566. The van der Waals surface area contributed by atoms with E-state index in [9.17, 15) is 13.2 Å². The molecule has 0 amide bonds. The van der Waals surface area contributed by atoms with Crippen LogP contribution >= 0.6 is 11.6 Å². The Morgan fingerprint density at radius 1 is 1.07 bits per heavy atom. The van der Waals surface area contributed by atoms with Gasteiger partial charge in [-0.05, 0) is 42.7 Å². The maximum absolute atomic E-state index is 12.9. The van der Waals surface area contributed by atoms with E-state index in [0.717, 1.165) is 30.5 Å². The van der Waals surface area contributed by atoms with E-state index in [-0.39, 0.29) is 16.5 Å². The smallest absolute Gasteiger partial charge is 0.354 e. The van der Waals surface area contributed by atoms with Crippen molar-refractivity contribution in [2.45, 2.75) is 19.0 Å². The molecule has 1 aromatic carbocycles. The minimum atomic E-state index is -4.42. The predicted octanol–water partition coefficient (Wildman–Crippen LogP) is 5.33. The first-order valence-electron chi connectivity index (χ1n) is 8.51. The SMILES string of the molecule is FC(F)(F)c1cccc(Nc2nc(NCCCc3cccnc3)ncc2Cl)c1. The van der Waals surface area contributed by atoms with Gasteiger partial charge in [0.05, 0.1) is 11.8 Å². The van der Waals surface area contributed by atoms with Crippen LogP contribution in [0.3, 0.4) is 0 Å². The average Bonchev–Trinajstić information content (AvgIpc) is 2.68. The fourth-order valence-electron chi connectivity index (χ4n) is 2.49. The number of benzene rings is 1. The van der Waals surface area contributed by atoms with Crippen molar-refractivity contribution < 1.29 is 13.2 Å². The number of aryl methyl sites for hydroxylation is 1. The summed E-state index contributed by atoms with van der Waals surface area (Å²) in [6.45, 7) is 0.625. The summed E-state index contributed by atoms with van der Waals surface area (Å²) in [7, 11) is 0. The van der Waals surface area contributed by atoms with Gasteiger partial charge in [-0.25, -0.2) is 4.98 Å². The van der Waals surface area contributed by atoms with Crippen LogP contribution in [0.2, 0.25) is 5.02 Å². The summed E-state index contributed by atoms with van der Waals surface area (Å²) in [5.41, 5.74) is 0.614. The fraction of sp³-hybridized carbons (Fsp3) is 0.211. The lowest BCUT2D eigenvalue weighted by Crippen LogP contribution is -2.08. The molecule has 0 bridgehead atoms. The third-order valence-electron chi connectivity index (χ3n) is 3.84. The first-order chi connectivity index (χ1) is 13.4. The molecule has 0 atom stereocenters. The summed E-state index contributed by atoms with van der Waals surface area (Å²) in [6.07, 6.45) is 2.21. The second-order valence-corrected chi connectivity index (χ2v) is 6.39. The van der Waals surface area contributed by atoms with Gasteiger partial charge in [-0.3, -0.25) is 4.98 Å². The largest absolute Gasteiger partial charge is 0.416 e. The molecular formula is C19H17ClF3N5. The van der Waals surface area contributed by atoms with E-state index >= 15 is 0 Å². The zero-order valence-corrected chi connectivity index (χ0v) is 15.4. The van der Waals surface area contributed by atoms with Crippen LogP contribution in [0.1, 0.15) is 17.5 Å². The van der Waals surface area contributed by atoms with Crippen LogP contribution in [0.4, 0.5) is 30.6 Å². The third kappa shape index (κ3) is 5.56. The van der Waals surface area contributed by atoms with E-state index in [1.54, 1.807) is 6.20 Å². The highest BCUT2D eigenvalue weighted by Crippen LogP contribution is 2.32. The Bertz CT molecular complexity index is 919. The molecule has 0 radical (unpaired) electrons. The van der Waals surface area contributed by atoms with Gasteiger partial charge in [-0.2, -0.15) is 18.2 Å². The Balaban J connectivity index is 1.62. The van der Waals surface area contributed by atoms with Crippen molar-refractivity contribution in [2.24, 2.45) is 0 Å². The van der Waals surface area contributed by atoms with Crippen LogP contribution in [0.5, 0.6) is 0 Å². The van der Waals surface area contributed by atoms with Crippen molar-refractivity contribution in [3.63, 3.8) is 0 Å². The molecule has 146 valence electrons. The summed E-state index contributed by atoms with van der Waals surface area (Å²) in [4.78, 5) is 12.4. The molecule has 9 heteroatoms. The molecule has 0 aliphatic carbocycles. The Hall–Kier alpha value is -2.87. The number of anilines is 3. The molecule has 0 saturated carbocycles. The summed E-state index contributed by atoms with van der Waals surface area (Å²) >= 11 is 6.07. The van der Waals surface area contributed by atoms with Gasteiger partial charge in [0.25, 0.3) is 0 Å². The third-order valence-corrected chi connectivity index (χ3v) is 4.12. The van der Waals surface area contributed by atoms with E-state index in [1.165, 1.54) is 18.3 Å². The molecule has 0 aliphatic rings. The molecule has 0 saturated heterocycles. The first-order valence-corrected chi connectivity index (χ1v) is 8.89. The van der Waals surface area contributed by atoms with E-state index < -0.39 is 11.7 Å². The van der Waals surface area contributed by atoms with Gasteiger partial charge in [0, 0.05) is 24.6 Å². The molecule has 3 rings (SSSR count). The van der Waals surface area contributed by atoms with Crippen molar-refractivity contribution in [2.75, 3.05) is 17.2 Å². The van der Waals surface area contributed by atoms with Gasteiger partial charge in [-0.1, -0.05) is 23.7 Å². The van der Waals surface area contributed by atoms with Crippen molar-refractivity contribution in [1.29, 1.82) is 0 Å². The monoisotopic (exact) mass is 407 g/mol. The second kappa shape index (κ2) is 8.88. The highest BCUT2D eigenvalue weighted by molar-refractivity contribution is 6.32. The number of halogens is 4. The maximum Gasteiger partial charge on any atom is 0.416 e. The molecule has 0 aliphatic heterocycles. The summed E-state index contributed by atoms with van der Waals surface area (Å²) in [6, 6.07) is 8.72. The van der Waals surface area contributed by atoms with E-state index in [1.807, 2.05) is 18.3 Å². The Labute approximate surface area is 165 Å². The lowest BCUT2D eigenvalue weighted by atomic mass is 10.1. The van der Waals surface area contributed by atoms with Gasteiger partial charge in [0.2, 0.25) is 5.95 Å². The minimum Gasteiger partial charge on any atom is -0.354 e. The molecule has 2 aromatic heterocycles. The predicted molar refractivity (Wildman–Crippen MR) is 103 cm³/mol. The van der Waals surface area contributed by atoms with E-state index in [2.05, 4.69) is 25.6 Å². The van der Waals surface area contributed by atoms with Gasteiger partial charge in [0.15, 0.2) is 5.82 Å². The zero-order chi connectivity index (χ0) is 20.0. The van der Waals surface area contributed by atoms with Crippen LogP contribution < -0.4 is 10.6 Å². The van der Waals surface area contributed by atoms with Crippen LogP contribution in [0.25, 0.3) is 0 Å². The van der Waals surface area contributed by atoms with Crippen LogP contribution in [-0.4, -0.2) is 21.5 Å². The Kier molecular flexibility index (Phi) is 6.30. The van der Waals surface area contributed by atoms with E-state index in [4.69, 9.17) is 11.6 Å². The number of alkyl halides is 3. The number of aromatic nitrogens is 3. The van der Waals surface area contributed by atoms with Gasteiger partial charge in [0.1, 0.15) is 5.02 Å². The van der Waals surface area contributed by atoms with Gasteiger partial charge < -0.3 is 10.6 Å². The number of nitrogens with one attached hydrogen (secondary N) is 2. The van der Waals surface area contributed by atoms with Crippen molar-refractivity contribution in [3.05, 3.63) is 71.1 Å². The number of hydrogen-bond acceptors (Lipinski definition) is 5. The standard InChI is InChI=1S/C19H17ClF3N5/c20-16-12-26-18(25-9-3-5-13-4-2-8-24-11-13)28-17(16)27-15-7-1-6-14(10-15)19(21,22)23/h1-2,4,6-8,10-12H,3,5,9H2,(H2,25,26,27,28). The number of nitrogens with zero attached hydrogens (tertiary/aromatic N) is 3. The number of pyridine rings is 1. The zero-order valence-electron chi connectivity index (χ0n) is 14.7. The minimum absolute atomic E-state index is 0.207. The van der Waals surface area contributed by atoms with Crippen LogP contribution in [-0.2, 0) is 12.6 Å². The van der Waals surface area contributed by atoms with Crippen LogP contribution in [0.15, 0.2) is 55.0 Å². The fourth-order valence-corrected chi connectivity index (χ4v) is 2.63. The highest BCUT2D eigenvalue weighted by Gasteiger charge is 2.30. The van der Waals surface area contributed by atoms with Crippen molar-refractivity contribution in [3.8, 4) is 0 Å². The molecule has 28 heavy (non-hydrogen) atoms. The lowest BCUT2D eigenvalue weighted by molar-refractivity contribution is -0.137. The molecule has 0 spiro atoms. The van der Waals surface area contributed by atoms with E-state index in [0.29, 0.717) is 12.5 Å². The van der Waals surface area contributed by atoms with Gasteiger partial charge >= 0.3 is 6.18 Å². The summed E-state index contributed by atoms with van der Waals surface area (Å²) in [5, 5.41) is 6.10. The normalized spacial score (nSPS) is 11.3. The Morgan fingerprint density at radius 2 is 1.93 bits per heavy atom. The quantitative estimate of drug-likeness (QED) is 0.518. The number of rotatable bonds is 7. The highest BCUT2D eigenvalue weighted by atomic mass is 35.5.